The molecule has 5 atom stereocenters. The summed E-state index contributed by atoms with van der Waals surface area (Å²) >= 11 is 0. The van der Waals surface area contributed by atoms with Crippen molar-refractivity contribution in [2.45, 2.75) is 72.5 Å². The first-order valence-corrected chi connectivity index (χ1v) is 7.91. The Morgan fingerprint density at radius 2 is 2.05 bits per heavy atom. The number of Topliss-reactive ketones (excluding diaryl/α,β-unsaturated/α-hetero) is 1. The fraction of sp³-hybridized carbons (Fsp3) is 0.882. The molecule has 1 heterocycles. The Morgan fingerprint density at radius 3 is 2.60 bits per heavy atom. The van der Waals surface area contributed by atoms with E-state index in [9.17, 15) is 9.59 Å². The minimum absolute atomic E-state index is 0.0487. The van der Waals surface area contributed by atoms with Gasteiger partial charge in [0.2, 0.25) is 0 Å². The molecule has 3 nitrogen and oxygen atoms in total. The lowest BCUT2D eigenvalue weighted by atomic mass is 9.55. The van der Waals surface area contributed by atoms with Gasteiger partial charge in [-0.15, -0.1) is 0 Å². The third kappa shape index (κ3) is 2.34. The fourth-order valence-corrected chi connectivity index (χ4v) is 4.25. The Balaban J connectivity index is 2.29. The lowest BCUT2D eigenvalue weighted by Crippen LogP contribution is -2.60. The van der Waals surface area contributed by atoms with Gasteiger partial charge in [0.1, 0.15) is 6.29 Å². The third-order valence-corrected chi connectivity index (χ3v) is 5.70. The highest BCUT2D eigenvalue weighted by molar-refractivity contribution is 5.98. The van der Waals surface area contributed by atoms with Crippen LogP contribution in [0.2, 0.25) is 0 Å². The summed E-state index contributed by atoms with van der Waals surface area (Å²) in [5, 5.41) is 0. The monoisotopic (exact) mass is 280 g/mol. The minimum atomic E-state index is -0.565. The van der Waals surface area contributed by atoms with Crippen LogP contribution in [0.4, 0.5) is 0 Å². The molecule has 3 heteroatoms. The van der Waals surface area contributed by atoms with E-state index in [1.807, 2.05) is 13.8 Å². The van der Waals surface area contributed by atoms with E-state index in [1.165, 1.54) is 0 Å². The number of hydrogen-bond donors (Lipinski definition) is 0. The van der Waals surface area contributed by atoms with Gasteiger partial charge in [0, 0.05) is 0 Å². The molecule has 0 aromatic carbocycles. The third-order valence-electron chi connectivity index (χ3n) is 5.70. The number of aldehydes is 1. The predicted molar refractivity (Wildman–Crippen MR) is 78.4 cm³/mol. The average Bonchev–Trinajstić information content (AvgIpc) is 2.42. The first kappa shape index (κ1) is 15.7. The number of hydrogen-bond acceptors (Lipinski definition) is 3. The molecule has 0 N–H and O–H groups in total. The minimum Gasteiger partial charge on any atom is -0.373 e. The zero-order chi connectivity index (χ0) is 15.1. The van der Waals surface area contributed by atoms with Gasteiger partial charge in [-0.1, -0.05) is 41.0 Å². The summed E-state index contributed by atoms with van der Waals surface area (Å²) < 4.78 is 6.39. The summed E-state index contributed by atoms with van der Waals surface area (Å²) in [7, 11) is 0. The quantitative estimate of drug-likeness (QED) is 0.588. The van der Waals surface area contributed by atoms with Gasteiger partial charge in [0.15, 0.2) is 5.78 Å². The number of ketones is 1. The van der Waals surface area contributed by atoms with E-state index in [0.717, 1.165) is 25.5 Å². The number of carbonyl (C=O) groups is 2. The van der Waals surface area contributed by atoms with Crippen molar-refractivity contribution in [2.24, 2.45) is 22.7 Å². The first-order valence-electron chi connectivity index (χ1n) is 7.91. The van der Waals surface area contributed by atoms with Gasteiger partial charge in [-0.25, -0.2) is 0 Å². The summed E-state index contributed by atoms with van der Waals surface area (Å²) in [5.41, 5.74) is -0.613. The standard InChI is InChI=1S/C17H28O3/c1-6-11(2)13-7-8-17(5)9-12(10-18)14(19)16(3,4)15(17)20-13/h10-13,15H,6-9H2,1-5H3. The maximum absolute atomic E-state index is 12.5. The second kappa shape index (κ2) is 5.25. The molecule has 0 amide bonds. The molecule has 2 fully saturated rings. The molecule has 20 heavy (non-hydrogen) atoms. The molecule has 0 bridgehead atoms. The molecular weight excluding hydrogens is 252 g/mol. The maximum atomic E-state index is 12.5. The highest BCUT2D eigenvalue weighted by Crippen LogP contribution is 2.53. The van der Waals surface area contributed by atoms with Gasteiger partial charge in [-0.05, 0) is 30.6 Å². The smallest absolute Gasteiger partial charge is 0.151 e. The molecule has 5 unspecified atom stereocenters. The fourth-order valence-electron chi connectivity index (χ4n) is 4.25. The van der Waals surface area contributed by atoms with Crippen molar-refractivity contribution >= 4 is 12.1 Å². The predicted octanol–water partition coefficient (Wildman–Crippen LogP) is 3.40. The van der Waals surface area contributed by atoms with Crippen LogP contribution in [-0.4, -0.2) is 24.3 Å². The van der Waals surface area contributed by atoms with Crippen molar-refractivity contribution in [2.75, 3.05) is 0 Å². The van der Waals surface area contributed by atoms with Crippen molar-refractivity contribution in [3.8, 4) is 0 Å². The van der Waals surface area contributed by atoms with Crippen molar-refractivity contribution in [3.63, 3.8) is 0 Å². The van der Waals surface area contributed by atoms with E-state index in [1.54, 1.807) is 0 Å². The van der Waals surface area contributed by atoms with Gasteiger partial charge in [-0.2, -0.15) is 0 Å². The molecule has 2 rings (SSSR count). The number of ether oxygens (including phenoxy) is 1. The number of carbonyl (C=O) groups excluding carboxylic acids is 2. The molecule has 0 spiro atoms. The van der Waals surface area contributed by atoms with Crippen LogP contribution in [0.3, 0.4) is 0 Å². The van der Waals surface area contributed by atoms with Crippen LogP contribution in [0.25, 0.3) is 0 Å². The Labute approximate surface area is 122 Å². The Bertz CT molecular complexity index is 401. The highest BCUT2D eigenvalue weighted by Gasteiger charge is 2.57. The summed E-state index contributed by atoms with van der Waals surface area (Å²) in [6.45, 7) is 10.5. The molecule has 0 radical (unpaired) electrons. The summed E-state index contributed by atoms with van der Waals surface area (Å²) in [5.74, 6) is 0.129. The maximum Gasteiger partial charge on any atom is 0.151 e. The molecule has 0 aromatic rings. The Kier molecular flexibility index (Phi) is 4.12. The van der Waals surface area contributed by atoms with Crippen LogP contribution in [0.5, 0.6) is 0 Å². The Morgan fingerprint density at radius 1 is 1.40 bits per heavy atom. The van der Waals surface area contributed by atoms with Gasteiger partial charge in [-0.3, -0.25) is 4.79 Å². The lowest BCUT2D eigenvalue weighted by Gasteiger charge is -2.55. The largest absolute Gasteiger partial charge is 0.373 e. The van der Waals surface area contributed by atoms with Crippen LogP contribution in [0, 0.1) is 22.7 Å². The topological polar surface area (TPSA) is 43.4 Å². The van der Waals surface area contributed by atoms with Crippen LogP contribution in [0.15, 0.2) is 0 Å². The van der Waals surface area contributed by atoms with Gasteiger partial charge in [0.05, 0.1) is 23.5 Å². The van der Waals surface area contributed by atoms with Crippen LogP contribution in [0.1, 0.15) is 60.3 Å². The van der Waals surface area contributed by atoms with Crippen molar-refractivity contribution in [1.82, 2.24) is 0 Å². The lowest BCUT2D eigenvalue weighted by molar-refractivity contribution is -0.207. The van der Waals surface area contributed by atoms with Crippen molar-refractivity contribution in [1.29, 1.82) is 0 Å². The van der Waals surface area contributed by atoms with E-state index in [2.05, 4.69) is 20.8 Å². The van der Waals surface area contributed by atoms with E-state index in [0.29, 0.717) is 12.3 Å². The molecule has 1 aliphatic carbocycles. The molecule has 1 aliphatic heterocycles. The molecule has 2 aliphatic rings. The molecule has 0 aromatic heterocycles. The van der Waals surface area contributed by atoms with Crippen LogP contribution < -0.4 is 0 Å². The molecule has 1 saturated heterocycles. The summed E-state index contributed by atoms with van der Waals surface area (Å²) in [6.07, 6.45) is 4.86. The van der Waals surface area contributed by atoms with E-state index >= 15 is 0 Å². The molecule has 114 valence electrons. The van der Waals surface area contributed by atoms with Crippen molar-refractivity contribution in [3.05, 3.63) is 0 Å². The van der Waals surface area contributed by atoms with Gasteiger partial charge < -0.3 is 9.53 Å². The zero-order valence-electron chi connectivity index (χ0n) is 13.4. The van der Waals surface area contributed by atoms with E-state index in [-0.39, 0.29) is 23.4 Å². The normalized spacial score (nSPS) is 41.9. The van der Waals surface area contributed by atoms with E-state index in [4.69, 9.17) is 4.74 Å². The number of rotatable bonds is 3. The summed E-state index contributed by atoms with van der Waals surface area (Å²) in [6, 6.07) is 0. The molecule has 1 saturated carbocycles. The van der Waals surface area contributed by atoms with Gasteiger partial charge in [0.25, 0.3) is 0 Å². The zero-order valence-corrected chi connectivity index (χ0v) is 13.4. The molecular formula is C17H28O3. The van der Waals surface area contributed by atoms with Crippen LogP contribution >= 0.6 is 0 Å². The SMILES string of the molecule is CCC(C)C1CCC2(C)CC(C=O)C(=O)C(C)(C)C2O1. The first-order chi connectivity index (χ1) is 9.26. The Hall–Kier alpha value is -0.700. The van der Waals surface area contributed by atoms with Gasteiger partial charge >= 0.3 is 0 Å². The second-order valence-corrected chi connectivity index (χ2v) is 7.67. The summed E-state index contributed by atoms with van der Waals surface area (Å²) in [4.78, 5) is 23.7. The highest BCUT2D eigenvalue weighted by atomic mass is 16.5. The van der Waals surface area contributed by atoms with Crippen LogP contribution in [-0.2, 0) is 14.3 Å². The second-order valence-electron chi connectivity index (χ2n) is 7.67. The van der Waals surface area contributed by atoms with E-state index < -0.39 is 11.3 Å². The number of fused-ring (bicyclic) bond motifs is 1. The van der Waals surface area contributed by atoms with Crippen molar-refractivity contribution < 1.29 is 14.3 Å². The average molecular weight is 280 g/mol.